The molecular weight excluding hydrogens is 424 g/mol. The normalized spacial score (nSPS) is 14.8. The summed E-state index contributed by atoms with van der Waals surface area (Å²) in [6, 6.07) is 20.0. The summed E-state index contributed by atoms with van der Waals surface area (Å²) in [6.45, 7) is 5.83. The Morgan fingerprint density at radius 1 is 0.706 bits per heavy atom. The summed E-state index contributed by atoms with van der Waals surface area (Å²) in [6.07, 6.45) is 7.64. The fourth-order valence-corrected chi connectivity index (χ4v) is 4.63. The van der Waals surface area contributed by atoms with Crippen molar-refractivity contribution in [1.82, 2.24) is 4.90 Å². The second kappa shape index (κ2) is 14.1. The van der Waals surface area contributed by atoms with Crippen LogP contribution in [-0.2, 0) is 10.8 Å². The van der Waals surface area contributed by atoms with Crippen molar-refractivity contribution in [1.29, 1.82) is 0 Å². The van der Waals surface area contributed by atoms with Gasteiger partial charge in [0.15, 0.2) is 0 Å². The molecule has 188 valence electrons. The average molecular weight is 469 g/mol. The predicted octanol–water partition coefficient (Wildman–Crippen LogP) is 5.39. The van der Waals surface area contributed by atoms with Gasteiger partial charge in [0.25, 0.3) is 0 Å². The number of primary amides is 1. The smallest absolute Gasteiger partial charge is 0.314 e. The molecule has 2 unspecified atom stereocenters. The zero-order chi connectivity index (χ0) is 24.9. The number of urea groups is 1. The Morgan fingerprint density at radius 3 is 1.41 bits per heavy atom. The third-order valence-electron chi connectivity index (χ3n) is 7.26. The summed E-state index contributed by atoms with van der Waals surface area (Å²) >= 11 is 0. The summed E-state index contributed by atoms with van der Waals surface area (Å²) in [5.41, 5.74) is 7.50. The van der Waals surface area contributed by atoms with Crippen molar-refractivity contribution in [3.8, 4) is 0 Å². The summed E-state index contributed by atoms with van der Waals surface area (Å²) < 4.78 is 0. The molecule has 5 heteroatoms. The summed E-state index contributed by atoms with van der Waals surface area (Å²) in [5, 5.41) is 19.9. The minimum atomic E-state index is -0.353. The summed E-state index contributed by atoms with van der Waals surface area (Å²) in [7, 11) is 0. The molecule has 2 aromatic carbocycles. The third kappa shape index (κ3) is 8.44. The first-order valence-corrected chi connectivity index (χ1v) is 12.7. The number of amides is 2. The molecule has 0 aliphatic carbocycles. The van der Waals surface area contributed by atoms with Gasteiger partial charge in [-0.3, -0.25) is 0 Å². The molecule has 2 aromatic rings. The first kappa shape index (κ1) is 27.9. The van der Waals surface area contributed by atoms with Crippen LogP contribution in [0.3, 0.4) is 0 Å². The van der Waals surface area contributed by atoms with Gasteiger partial charge in [-0.1, -0.05) is 100 Å². The van der Waals surface area contributed by atoms with E-state index in [9.17, 15) is 15.0 Å². The molecule has 34 heavy (non-hydrogen) atoms. The van der Waals surface area contributed by atoms with E-state index >= 15 is 0 Å². The molecule has 2 amide bonds. The first-order valence-electron chi connectivity index (χ1n) is 12.7. The largest absolute Gasteiger partial charge is 0.395 e. The fraction of sp³-hybridized carbons (Fsp3) is 0.552. The van der Waals surface area contributed by atoms with E-state index in [-0.39, 0.29) is 30.1 Å². The maximum absolute atomic E-state index is 11.9. The number of aliphatic hydroxyl groups is 2. The van der Waals surface area contributed by atoms with Gasteiger partial charge in [-0.05, 0) is 36.8 Å². The molecule has 0 heterocycles. The lowest BCUT2D eigenvalue weighted by atomic mass is 9.79. The highest BCUT2D eigenvalue weighted by molar-refractivity contribution is 5.71. The fourth-order valence-electron chi connectivity index (χ4n) is 4.63. The third-order valence-corrected chi connectivity index (χ3v) is 7.26. The number of nitrogens with zero attached hydrogens (tertiary/aromatic N) is 1. The minimum absolute atomic E-state index is 0.129. The van der Waals surface area contributed by atoms with Crippen molar-refractivity contribution in [2.24, 2.45) is 5.73 Å². The van der Waals surface area contributed by atoms with Gasteiger partial charge in [0.1, 0.15) is 0 Å². The molecule has 0 saturated carbocycles. The number of carbonyl (C=O) groups is 1. The van der Waals surface area contributed by atoms with Crippen LogP contribution in [0, 0.1) is 0 Å². The van der Waals surface area contributed by atoms with Gasteiger partial charge in [-0.15, -0.1) is 0 Å². The number of rotatable bonds is 16. The van der Waals surface area contributed by atoms with Crippen LogP contribution in [0.4, 0.5) is 4.79 Å². The Balaban J connectivity index is 1.68. The Kier molecular flexibility index (Phi) is 11.6. The van der Waals surface area contributed by atoms with Crippen LogP contribution >= 0.6 is 0 Å². The number of carbonyl (C=O) groups excluding carboxylic acids is 1. The average Bonchev–Trinajstić information content (AvgIpc) is 2.87. The highest BCUT2D eigenvalue weighted by Crippen LogP contribution is 2.30. The highest BCUT2D eigenvalue weighted by atomic mass is 16.3. The van der Waals surface area contributed by atoms with Gasteiger partial charge >= 0.3 is 6.03 Å². The Bertz CT molecular complexity index is 766. The molecule has 0 radical (unpaired) electrons. The SMILES string of the molecule is CC(CO)(CCCCCN(CCCCCC(C)(CO)c1ccccc1)C(N)=O)c1ccccc1. The number of aliphatic hydroxyl groups excluding tert-OH is 2. The molecule has 2 rings (SSSR count). The van der Waals surface area contributed by atoms with Crippen LogP contribution in [0.25, 0.3) is 0 Å². The van der Waals surface area contributed by atoms with E-state index in [2.05, 4.69) is 38.1 Å². The maximum atomic E-state index is 11.9. The monoisotopic (exact) mass is 468 g/mol. The van der Waals surface area contributed by atoms with E-state index in [1.54, 1.807) is 4.90 Å². The van der Waals surface area contributed by atoms with Crippen molar-refractivity contribution < 1.29 is 15.0 Å². The van der Waals surface area contributed by atoms with Gasteiger partial charge in [0, 0.05) is 23.9 Å². The summed E-state index contributed by atoms with van der Waals surface area (Å²) in [5.74, 6) is 0. The lowest BCUT2D eigenvalue weighted by molar-refractivity contribution is 0.189. The van der Waals surface area contributed by atoms with Gasteiger partial charge < -0.3 is 20.8 Å². The number of hydrogen-bond acceptors (Lipinski definition) is 3. The maximum Gasteiger partial charge on any atom is 0.314 e. The van der Waals surface area contributed by atoms with E-state index in [4.69, 9.17) is 5.73 Å². The Hall–Kier alpha value is -2.37. The molecule has 0 saturated heterocycles. The number of hydrogen-bond donors (Lipinski definition) is 3. The Morgan fingerprint density at radius 2 is 1.09 bits per heavy atom. The number of unbranched alkanes of at least 4 members (excludes halogenated alkanes) is 4. The molecular formula is C29H44N2O3. The highest BCUT2D eigenvalue weighted by Gasteiger charge is 2.26. The summed E-state index contributed by atoms with van der Waals surface area (Å²) in [4.78, 5) is 13.6. The van der Waals surface area contributed by atoms with Crippen LogP contribution < -0.4 is 5.73 Å². The van der Waals surface area contributed by atoms with Crippen LogP contribution in [-0.4, -0.2) is 47.4 Å². The van der Waals surface area contributed by atoms with Crippen molar-refractivity contribution in [2.75, 3.05) is 26.3 Å². The lowest BCUT2D eigenvalue weighted by Gasteiger charge is -2.28. The molecule has 0 aliphatic rings. The second-order valence-electron chi connectivity index (χ2n) is 10.1. The van der Waals surface area contributed by atoms with Gasteiger partial charge in [0.05, 0.1) is 13.2 Å². The van der Waals surface area contributed by atoms with Gasteiger partial charge in [0.2, 0.25) is 0 Å². The van der Waals surface area contributed by atoms with Crippen LogP contribution in [0.15, 0.2) is 60.7 Å². The molecule has 0 spiro atoms. The van der Waals surface area contributed by atoms with E-state index in [1.165, 1.54) is 11.1 Å². The molecule has 0 aromatic heterocycles. The number of nitrogens with two attached hydrogens (primary N) is 1. The van der Waals surface area contributed by atoms with E-state index in [0.717, 1.165) is 51.4 Å². The van der Waals surface area contributed by atoms with Crippen LogP contribution in [0.1, 0.15) is 76.3 Å². The van der Waals surface area contributed by atoms with Gasteiger partial charge in [-0.2, -0.15) is 0 Å². The topological polar surface area (TPSA) is 86.8 Å². The van der Waals surface area contributed by atoms with E-state index in [0.29, 0.717) is 13.1 Å². The molecule has 5 nitrogen and oxygen atoms in total. The van der Waals surface area contributed by atoms with Crippen LogP contribution in [0.2, 0.25) is 0 Å². The molecule has 2 atom stereocenters. The van der Waals surface area contributed by atoms with Gasteiger partial charge in [-0.25, -0.2) is 4.79 Å². The van der Waals surface area contributed by atoms with Crippen LogP contribution in [0.5, 0.6) is 0 Å². The zero-order valence-electron chi connectivity index (χ0n) is 21.1. The zero-order valence-corrected chi connectivity index (χ0v) is 21.1. The van der Waals surface area contributed by atoms with Crippen molar-refractivity contribution >= 4 is 6.03 Å². The standard InChI is InChI=1S/C29H44N2O3/c1-28(23-32,25-15-7-3-8-16-25)19-11-5-13-21-31(27(30)34)22-14-6-12-20-29(2,24-33)26-17-9-4-10-18-26/h3-4,7-10,15-18,32-33H,5-6,11-14,19-24H2,1-2H3,(H2,30,34). The number of benzene rings is 2. The Labute approximate surface area is 206 Å². The predicted molar refractivity (Wildman–Crippen MR) is 140 cm³/mol. The molecule has 0 aliphatic heterocycles. The molecule has 0 fully saturated rings. The first-order chi connectivity index (χ1) is 16.3. The lowest BCUT2D eigenvalue weighted by Crippen LogP contribution is -2.37. The second-order valence-corrected chi connectivity index (χ2v) is 10.1. The quantitative estimate of drug-likeness (QED) is 0.289. The van der Waals surface area contributed by atoms with E-state index < -0.39 is 0 Å². The molecule has 4 N–H and O–H groups in total. The minimum Gasteiger partial charge on any atom is -0.395 e. The molecule has 0 bridgehead atoms. The van der Waals surface area contributed by atoms with E-state index in [1.807, 2.05) is 36.4 Å². The van der Waals surface area contributed by atoms with Crippen molar-refractivity contribution in [2.45, 2.75) is 76.0 Å². The van der Waals surface area contributed by atoms with Crippen molar-refractivity contribution in [3.05, 3.63) is 71.8 Å². The van der Waals surface area contributed by atoms with Crippen molar-refractivity contribution in [3.63, 3.8) is 0 Å².